The van der Waals surface area contributed by atoms with Crippen molar-refractivity contribution in [1.82, 2.24) is 0 Å². The number of rotatable bonds is 3. The molecule has 4 heteroatoms. The molecule has 3 N–H and O–H groups in total. The van der Waals surface area contributed by atoms with Crippen LogP contribution >= 0.6 is 11.8 Å². The summed E-state index contributed by atoms with van der Waals surface area (Å²) in [6.45, 7) is 3.50. The van der Waals surface area contributed by atoms with Crippen LogP contribution in [-0.2, 0) is 4.79 Å². The number of anilines is 2. The van der Waals surface area contributed by atoms with Gasteiger partial charge in [-0.2, -0.15) is 0 Å². The van der Waals surface area contributed by atoms with Crippen LogP contribution in [0.4, 0.5) is 11.4 Å². The average molecular weight is 272 g/mol. The highest BCUT2D eigenvalue weighted by Gasteiger charge is 2.04. The molecule has 0 bridgehead atoms. The minimum Gasteiger partial charge on any atom is -0.398 e. The Morgan fingerprint density at radius 3 is 2.47 bits per heavy atom. The summed E-state index contributed by atoms with van der Waals surface area (Å²) >= 11 is 1.62. The number of para-hydroxylation sites is 1. The number of nitrogen functional groups attached to an aromatic ring is 1. The number of nitrogens with one attached hydrogen (secondary N) is 1. The highest BCUT2D eigenvalue weighted by molar-refractivity contribution is 7.99. The smallest absolute Gasteiger partial charge is 0.221 e. The second-order valence-corrected chi connectivity index (χ2v) is 5.41. The van der Waals surface area contributed by atoms with E-state index in [1.54, 1.807) is 11.8 Å². The molecule has 3 nitrogen and oxygen atoms in total. The molecule has 0 heterocycles. The monoisotopic (exact) mass is 272 g/mol. The van der Waals surface area contributed by atoms with Crippen molar-refractivity contribution in [1.29, 1.82) is 0 Å². The maximum absolute atomic E-state index is 10.9. The minimum atomic E-state index is -0.0664. The molecule has 2 aromatic carbocycles. The number of nitrogens with two attached hydrogens (primary N) is 1. The van der Waals surface area contributed by atoms with Crippen molar-refractivity contribution in [2.75, 3.05) is 11.1 Å². The molecule has 2 aromatic rings. The van der Waals surface area contributed by atoms with Crippen LogP contribution in [0.25, 0.3) is 0 Å². The molecule has 0 unspecified atom stereocenters. The zero-order chi connectivity index (χ0) is 13.8. The Labute approximate surface area is 117 Å². The normalized spacial score (nSPS) is 10.2. The third kappa shape index (κ3) is 3.51. The van der Waals surface area contributed by atoms with Crippen LogP contribution in [-0.4, -0.2) is 5.91 Å². The predicted octanol–water partition coefficient (Wildman–Crippen LogP) is 3.69. The fraction of sp³-hybridized carbons (Fsp3) is 0.133. The standard InChI is InChI=1S/C15H16N2OS/c1-10-4-3-5-14(15(10)16)19-13-8-6-12(7-9-13)17-11(2)18/h3-9H,16H2,1-2H3,(H,17,18). The molecule has 0 saturated carbocycles. The van der Waals surface area contributed by atoms with E-state index in [1.807, 2.05) is 49.4 Å². The zero-order valence-corrected chi connectivity index (χ0v) is 11.8. The largest absolute Gasteiger partial charge is 0.398 e. The number of carbonyl (C=O) groups is 1. The number of aryl methyl sites for hydroxylation is 1. The summed E-state index contributed by atoms with van der Waals surface area (Å²) in [6.07, 6.45) is 0. The Morgan fingerprint density at radius 2 is 1.84 bits per heavy atom. The van der Waals surface area contributed by atoms with Gasteiger partial charge in [-0.3, -0.25) is 4.79 Å². The Kier molecular flexibility index (Phi) is 4.12. The third-order valence-electron chi connectivity index (χ3n) is 2.69. The van der Waals surface area contributed by atoms with Crippen LogP contribution in [0.1, 0.15) is 12.5 Å². The van der Waals surface area contributed by atoms with Crippen LogP contribution in [0.15, 0.2) is 52.3 Å². The van der Waals surface area contributed by atoms with Gasteiger partial charge >= 0.3 is 0 Å². The van der Waals surface area contributed by atoms with E-state index in [-0.39, 0.29) is 5.91 Å². The quantitative estimate of drug-likeness (QED) is 0.838. The van der Waals surface area contributed by atoms with E-state index < -0.39 is 0 Å². The van der Waals surface area contributed by atoms with E-state index in [0.717, 1.165) is 26.7 Å². The lowest BCUT2D eigenvalue weighted by molar-refractivity contribution is -0.114. The molecule has 0 aliphatic rings. The van der Waals surface area contributed by atoms with E-state index in [1.165, 1.54) is 6.92 Å². The Bertz CT molecular complexity index is 594. The molecule has 19 heavy (non-hydrogen) atoms. The molecule has 0 atom stereocenters. The lowest BCUT2D eigenvalue weighted by Crippen LogP contribution is -2.05. The number of amides is 1. The van der Waals surface area contributed by atoms with Gasteiger partial charge in [0.25, 0.3) is 0 Å². The van der Waals surface area contributed by atoms with Crippen LogP contribution in [0.3, 0.4) is 0 Å². The molecule has 2 rings (SSSR count). The molecular formula is C15H16N2OS. The lowest BCUT2D eigenvalue weighted by Gasteiger charge is -2.08. The maximum Gasteiger partial charge on any atom is 0.221 e. The van der Waals surface area contributed by atoms with Crippen molar-refractivity contribution in [3.8, 4) is 0 Å². The Morgan fingerprint density at radius 1 is 1.16 bits per heavy atom. The minimum absolute atomic E-state index is 0.0664. The van der Waals surface area contributed by atoms with E-state index in [9.17, 15) is 4.79 Å². The van der Waals surface area contributed by atoms with Crippen molar-refractivity contribution in [2.24, 2.45) is 0 Å². The van der Waals surface area contributed by atoms with Crippen molar-refractivity contribution in [3.63, 3.8) is 0 Å². The first kappa shape index (κ1) is 13.5. The van der Waals surface area contributed by atoms with E-state index >= 15 is 0 Å². The van der Waals surface area contributed by atoms with Gasteiger partial charge in [0.1, 0.15) is 0 Å². The van der Waals surface area contributed by atoms with E-state index in [4.69, 9.17) is 5.73 Å². The fourth-order valence-corrected chi connectivity index (χ4v) is 2.62. The Balaban J connectivity index is 2.15. The van der Waals surface area contributed by atoms with Crippen molar-refractivity contribution in [3.05, 3.63) is 48.0 Å². The van der Waals surface area contributed by atoms with Crippen molar-refractivity contribution >= 4 is 29.0 Å². The van der Waals surface area contributed by atoms with Crippen LogP contribution in [0, 0.1) is 6.92 Å². The highest BCUT2D eigenvalue weighted by Crippen LogP contribution is 2.33. The highest BCUT2D eigenvalue weighted by atomic mass is 32.2. The molecule has 0 aromatic heterocycles. The fourth-order valence-electron chi connectivity index (χ4n) is 1.68. The van der Waals surface area contributed by atoms with E-state index in [2.05, 4.69) is 5.32 Å². The Hall–Kier alpha value is -1.94. The second kappa shape index (κ2) is 5.80. The van der Waals surface area contributed by atoms with Crippen LogP contribution in [0.5, 0.6) is 0 Å². The van der Waals surface area contributed by atoms with Gasteiger partial charge in [0.15, 0.2) is 0 Å². The molecule has 0 spiro atoms. The van der Waals surface area contributed by atoms with Gasteiger partial charge in [0.2, 0.25) is 5.91 Å². The van der Waals surface area contributed by atoms with Gasteiger partial charge in [-0.25, -0.2) is 0 Å². The summed E-state index contributed by atoms with van der Waals surface area (Å²) in [5, 5.41) is 2.74. The molecule has 1 amide bonds. The van der Waals surface area contributed by atoms with Crippen molar-refractivity contribution in [2.45, 2.75) is 23.6 Å². The summed E-state index contributed by atoms with van der Waals surface area (Å²) in [5.74, 6) is -0.0664. The molecule has 0 aliphatic carbocycles. The van der Waals surface area contributed by atoms with Crippen LogP contribution < -0.4 is 11.1 Å². The zero-order valence-electron chi connectivity index (χ0n) is 10.9. The van der Waals surface area contributed by atoms with Gasteiger partial charge in [-0.1, -0.05) is 23.9 Å². The first-order valence-corrected chi connectivity index (χ1v) is 6.78. The third-order valence-corrected chi connectivity index (χ3v) is 3.77. The van der Waals surface area contributed by atoms with Crippen molar-refractivity contribution < 1.29 is 4.79 Å². The summed E-state index contributed by atoms with van der Waals surface area (Å²) in [6, 6.07) is 13.7. The molecule has 0 saturated heterocycles. The maximum atomic E-state index is 10.9. The SMILES string of the molecule is CC(=O)Nc1ccc(Sc2cccc(C)c2N)cc1. The summed E-state index contributed by atoms with van der Waals surface area (Å²) in [4.78, 5) is 13.1. The first-order valence-electron chi connectivity index (χ1n) is 5.97. The van der Waals surface area contributed by atoms with Gasteiger partial charge in [0.05, 0.1) is 0 Å². The number of hydrogen-bond donors (Lipinski definition) is 2. The summed E-state index contributed by atoms with van der Waals surface area (Å²) in [5.41, 5.74) is 8.75. The molecule has 0 aliphatic heterocycles. The molecular weight excluding hydrogens is 256 g/mol. The number of benzene rings is 2. The van der Waals surface area contributed by atoms with Crippen LogP contribution in [0.2, 0.25) is 0 Å². The van der Waals surface area contributed by atoms with Gasteiger partial charge in [0, 0.05) is 28.1 Å². The molecule has 98 valence electrons. The van der Waals surface area contributed by atoms with Gasteiger partial charge < -0.3 is 11.1 Å². The van der Waals surface area contributed by atoms with Gasteiger partial charge in [-0.15, -0.1) is 0 Å². The van der Waals surface area contributed by atoms with Gasteiger partial charge in [-0.05, 0) is 42.8 Å². The molecule has 0 radical (unpaired) electrons. The predicted molar refractivity (Wildman–Crippen MR) is 80.5 cm³/mol. The number of hydrogen-bond acceptors (Lipinski definition) is 3. The van der Waals surface area contributed by atoms with E-state index in [0.29, 0.717) is 0 Å². The second-order valence-electron chi connectivity index (χ2n) is 4.29. The summed E-state index contributed by atoms with van der Waals surface area (Å²) in [7, 11) is 0. The lowest BCUT2D eigenvalue weighted by atomic mass is 10.2. The first-order chi connectivity index (χ1) is 9.06. The number of carbonyl (C=O) groups excluding carboxylic acids is 1. The topological polar surface area (TPSA) is 55.1 Å². The average Bonchev–Trinajstić information content (AvgIpc) is 2.37. The summed E-state index contributed by atoms with van der Waals surface area (Å²) < 4.78 is 0. The molecule has 0 fully saturated rings.